The van der Waals surface area contributed by atoms with Gasteiger partial charge in [-0.1, -0.05) is 0 Å². The van der Waals surface area contributed by atoms with E-state index in [4.69, 9.17) is 2.64 Å². The Morgan fingerprint density at radius 3 is 2.67 bits per heavy atom. The molecule has 2 nitrogen and oxygen atoms in total. The van der Waals surface area contributed by atoms with E-state index < -0.39 is 25.0 Å². The van der Waals surface area contributed by atoms with Crippen molar-refractivity contribution in [1.29, 1.82) is 0 Å². The molecule has 0 saturated carbocycles. The van der Waals surface area contributed by atoms with E-state index in [0.717, 1.165) is 0 Å². The van der Waals surface area contributed by atoms with E-state index in [1.807, 2.05) is 30.3 Å². The first-order chi connectivity index (χ1) is 5.83. The first-order valence-corrected chi connectivity index (χ1v) is 8.65. The van der Waals surface area contributed by atoms with Crippen LogP contribution in [0.1, 0.15) is 0 Å². The van der Waals surface area contributed by atoms with Crippen molar-refractivity contribution >= 4 is 9.04 Å². The molecule has 3 heteroatoms. The van der Waals surface area contributed by atoms with Crippen LogP contribution in [0.4, 0.5) is 0 Å². The Labute approximate surface area is 84.3 Å². The summed E-state index contributed by atoms with van der Waals surface area (Å²) >= 11 is -1.61. The maximum atomic E-state index is 10.7. The number of carbonyl (C=O) groups is 1. The van der Waals surface area contributed by atoms with Gasteiger partial charge in [-0.25, -0.2) is 0 Å². The van der Waals surface area contributed by atoms with Crippen LogP contribution in [0.5, 0.6) is 0 Å². The van der Waals surface area contributed by atoms with Crippen LogP contribution in [0.3, 0.4) is 0 Å². The first-order valence-electron chi connectivity index (χ1n) is 3.66. The molecule has 0 N–H and O–H groups in total. The fourth-order valence-corrected chi connectivity index (χ4v) is 4.25. The zero-order chi connectivity index (χ0) is 8.81. The molecule has 1 aromatic carbocycles. The first kappa shape index (κ1) is 9.45. The van der Waals surface area contributed by atoms with Crippen molar-refractivity contribution in [1.82, 2.24) is 0 Å². The third-order valence-corrected chi connectivity index (χ3v) is 6.19. The molecule has 0 unspecified atom stereocenters. The standard InChI is InChI=1S/C6H5.C3H4O2.Hg/c1-2-4-6-5-3-1;1-2-3(4)5;/h1-5H;2H,1H2,(H,4,5);/q;;+1/p-1. The van der Waals surface area contributed by atoms with Crippen molar-refractivity contribution in [3.05, 3.63) is 43.0 Å². The molecule has 0 aliphatic rings. The van der Waals surface area contributed by atoms with Gasteiger partial charge in [-0.05, 0) is 0 Å². The fourth-order valence-electron chi connectivity index (χ4n) is 0.788. The summed E-state index contributed by atoms with van der Waals surface area (Å²) in [5.41, 5.74) is 0. The third kappa shape index (κ3) is 3.18. The topological polar surface area (TPSA) is 26.3 Å². The molecular formula is C9H8HgO2. The number of benzene rings is 1. The van der Waals surface area contributed by atoms with Crippen LogP contribution < -0.4 is 3.07 Å². The van der Waals surface area contributed by atoms with E-state index in [2.05, 4.69) is 6.58 Å². The van der Waals surface area contributed by atoms with Gasteiger partial charge in [-0.2, -0.15) is 0 Å². The molecular weight excluding hydrogens is 341 g/mol. The molecule has 12 heavy (non-hydrogen) atoms. The average molecular weight is 349 g/mol. The van der Waals surface area contributed by atoms with Gasteiger partial charge in [0.05, 0.1) is 0 Å². The van der Waals surface area contributed by atoms with Crippen LogP contribution in [0.15, 0.2) is 43.0 Å². The SMILES string of the molecule is C=CC(=O)[O][Hg][c]1ccccc1. The summed E-state index contributed by atoms with van der Waals surface area (Å²) in [7, 11) is 0. The van der Waals surface area contributed by atoms with E-state index in [9.17, 15) is 4.79 Å². The second-order valence-electron chi connectivity index (χ2n) is 2.30. The Morgan fingerprint density at radius 2 is 2.08 bits per heavy atom. The monoisotopic (exact) mass is 350 g/mol. The van der Waals surface area contributed by atoms with Gasteiger partial charge < -0.3 is 0 Å². The molecule has 0 aliphatic heterocycles. The van der Waals surface area contributed by atoms with Crippen LogP contribution in [0.2, 0.25) is 0 Å². The molecule has 0 bridgehead atoms. The minimum absolute atomic E-state index is 0.291. The number of hydrogen-bond acceptors (Lipinski definition) is 2. The Hall–Kier alpha value is -0.635. The van der Waals surface area contributed by atoms with Crippen molar-refractivity contribution in [2.45, 2.75) is 0 Å². The molecule has 0 radical (unpaired) electrons. The Balaban J connectivity index is 2.43. The summed E-state index contributed by atoms with van der Waals surface area (Å²) in [5, 5.41) is 0. The molecule has 1 aromatic rings. The molecule has 0 spiro atoms. The van der Waals surface area contributed by atoms with Crippen molar-refractivity contribution in [2.75, 3.05) is 0 Å². The number of rotatable bonds is 3. The summed E-state index contributed by atoms with van der Waals surface area (Å²) in [5.74, 6) is -0.291. The zero-order valence-corrected chi connectivity index (χ0v) is 12.2. The van der Waals surface area contributed by atoms with E-state index in [1.165, 1.54) is 9.15 Å². The average Bonchev–Trinajstić information content (AvgIpc) is 2.16. The van der Waals surface area contributed by atoms with Crippen LogP contribution >= 0.6 is 0 Å². The minimum atomic E-state index is -1.61. The van der Waals surface area contributed by atoms with Gasteiger partial charge in [-0.3, -0.25) is 0 Å². The van der Waals surface area contributed by atoms with E-state index in [1.54, 1.807) is 0 Å². The molecule has 0 saturated heterocycles. The predicted octanol–water partition coefficient (Wildman–Crippen LogP) is 1.04. The summed E-state index contributed by atoms with van der Waals surface area (Å²) in [6, 6.07) is 9.86. The van der Waals surface area contributed by atoms with Crippen LogP contribution in [-0.2, 0) is 32.5 Å². The Kier molecular flexibility index (Phi) is 4.01. The molecule has 0 atom stereocenters. The summed E-state index contributed by atoms with van der Waals surface area (Å²) in [6.07, 6.45) is 1.21. The number of carbonyl (C=O) groups excluding carboxylic acids is 1. The van der Waals surface area contributed by atoms with E-state index in [-0.39, 0.29) is 5.97 Å². The van der Waals surface area contributed by atoms with Crippen molar-refractivity contribution in [3.8, 4) is 0 Å². The third-order valence-electron chi connectivity index (χ3n) is 1.39. The van der Waals surface area contributed by atoms with Gasteiger partial charge in [0.25, 0.3) is 0 Å². The molecule has 0 aromatic heterocycles. The summed E-state index contributed by atoms with van der Waals surface area (Å²) in [4.78, 5) is 10.7. The molecule has 0 amide bonds. The molecule has 0 aliphatic carbocycles. The number of hydrogen-bond donors (Lipinski definition) is 0. The second-order valence-corrected chi connectivity index (χ2v) is 7.72. The van der Waals surface area contributed by atoms with Gasteiger partial charge in [0.1, 0.15) is 0 Å². The van der Waals surface area contributed by atoms with E-state index >= 15 is 0 Å². The predicted molar refractivity (Wildman–Crippen MR) is 42.4 cm³/mol. The molecule has 0 heterocycles. The quantitative estimate of drug-likeness (QED) is 0.603. The van der Waals surface area contributed by atoms with Crippen molar-refractivity contribution < 1.29 is 32.5 Å². The summed E-state index contributed by atoms with van der Waals surface area (Å²) < 4.78 is 6.24. The van der Waals surface area contributed by atoms with Crippen molar-refractivity contribution in [3.63, 3.8) is 0 Å². The van der Waals surface area contributed by atoms with Crippen LogP contribution in [0.25, 0.3) is 0 Å². The maximum absolute atomic E-state index is 10.7. The van der Waals surface area contributed by atoms with Crippen LogP contribution in [0, 0.1) is 0 Å². The van der Waals surface area contributed by atoms with Crippen LogP contribution in [-0.4, -0.2) is 5.97 Å². The van der Waals surface area contributed by atoms with Crippen molar-refractivity contribution in [2.24, 2.45) is 0 Å². The summed E-state index contributed by atoms with van der Waals surface area (Å²) in [6.45, 7) is 3.33. The Bertz CT molecular complexity index is 269. The van der Waals surface area contributed by atoms with Gasteiger partial charge in [-0.15, -0.1) is 0 Å². The van der Waals surface area contributed by atoms with Gasteiger partial charge >= 0.3 is 84.5 Å². The zero-order valence-electron chi connectivity index (χ0n) is 6.69. The molecule has 0 fully saturated rings. The molecule has 1 rings (SSSR count). The Morgan fingerprint density at radius 1 is 1.42 bits per heavy atom. The van der Waals surface area contributed by atoms with Gasteiger partial charge in [0.15, 0.2) is 0 Å². The molecule has 58 valence electrons. The van der Waals surface area contributed by atoms with Gasteiger partial charge in [0, 0.05) is 0 Å². The normalized spacial score (nSPS) is 8.33. The second kappa shape index (κ2) is 5.09. The van der Waals surface area contributed by atoms with Gasteiger partial charge in [0.2, 0.25) is 0 Å². The van der Waals surface area contributed by atoms with E-state index in [0.29, 0.717) is 0 Å². The fraction of sp³-hybridized carbons (Fsp3) is 0.